The topological polar surface area (TPSA) is 85.7 Å². The predicted molar refractivity (Wildman–Crippen MR) is 73.8 cm³/mol. The fourth-order valence-electron chi connectivity index (χ4n) is 1.66. The highest BCUT2D eigenvalue weighted by molar-refractivity contribution is 5.90. The molecule has 0 saturated heterocycles. The molecule has 0 aliphatic rings. The van der Waals surface area contributed by atoms with Crippen LogP contribution in [0.2, 0.25) is 0 Å². The van der Waals surface area contributed by atoms with Crippen molar-refractivity contribution in [1.82, 2.24) is 4.98 Å². The summed E-state index contributed by atoms with van der Waals surface area (Å²) in [7, 11) is 1.29. The van der Waals surface area contributed by atoms with E-state index in [0.717, 1.165) is 0 Å². The van der Waals surface area contributed by atoms with Crippen LogP contribution >= 0.6 is 0 Å². The largest absolute Gasteiger partial charge is 0.477 e. The molecule has 2 rings (SSSR count). The monoisotopic (exact) mass is 287 g/mol. The van der Waals surface area contributed by atoms with Crippen molar-refractivity contribution in [1.29, 1.82) is 0 Å². The van der Waals surface area contributed by atoms with Gasteiger partial charge in [-0.1, -0.05) is 0 Å². The van der Waals surface area contributed by atoms with Gasteiger partial charge in [0.2, 0.25) is 5.88 Å². The van der Waals surface area contributed by atoms with Crippen molar-refractivity contribution in [2.24, 2.45) is 0 Å². The van der Waals surface area contributed by atoms with Crippen LogP contribution in [0.25, 0.3) is 0 Å². The lowest BCUT2D eigenvalue weighted by Gasteiger charge is -2.08. The second-order valence-corrected chi connectivity index (χ2v) is 4.23. The third-order valence-corrected chi connectivity index (χ3v) is 2.72. The first kappa shape index (κ1) is 14.5. The third kappa shape index (κ3) is 3.36. The Labute approximate surface area is 121 Å². The van der Waals surface area contributed by atoms with Crippen LogP contribution < -0.4 is 4.74 Å². The quantitative estimate of drug-likeness (QED) is 0.870. The zero-order valence-electron chi connectivity index (χ0n) is 11.5. The molecule has 0 fully saturated rings. The number of hydrogen-bond donors (Lipinski definition) is 1. The minimum atomic E-state index is -1.12. The lowest BCUT2D eigenvalue weighted by Crippen LogP contribution is -2.03. The van der Waals surface area contributed by atoms with E-state index in [0.29, 0.717) is 17.0 Å². The molecule has 0 amide bonds. The molecule has 0 unspecified atom stereocenters. The van der Waals surface area contributed by atoms with E-state index in [1.165, 1.54) is 25.3 Å². The van der Waals surface area contributed by atoms with E-state index in [2.05, 4.69) is 9.72 Å². The number of ether oxygens (including phenoxy) is 2. The Hall–Kier alpha value is -2.89. The Kier molecular flexibility index (Phi) is 4.18. The summed E-state index contributed by atoms with van der Waals surface area (Å²) in [4.78, 5) is 26.5. The first-order chi connectivity index (χ1) is 10.0. The number of esters is 1. The van der Waals surface area contributed by atoms with Crippen molar-refractivity contribution in [2.45, 2.75) is 6.92 Å². The maximum atomic E-state index is 11.3. The molecular formula is C15H13NO5. The minimum Gasteiger partial charge on any atom is -0.477 e. The molecule has 1 aromatic carbocycles. The maximum Gasteiger partial charge on any atom is 0.341 e. The number of rotatable bonds is 4. The summed E-state index contributed by atoms with van der Waals surface area (Å²) in [5.74, 6) is -1.19. The van der Waals surface area contributed by atoms with Gasteiger partial charge in [0.05, 0.1) is 12.7 Å². The molecule has 21 heavy (non-hydrogen) atoms. The number of benzene rings is 1. The van der Waals surface area contributed by atoms with Gasteiger partial charge in [-0.15, -0.1) is 0 Å². The SMILES string of the molecule is COC(=O)c1ccc(Oc2nc(C)ccc2C(=O)O)cc1. The van der Waals surface area contributed by atoms with Crippen LogP contribution in [0, 0.1) is 6.92 Å². The Balaban J connectivity index is 2.28. The van der Waals surface area contributed by atoms with Gasteiger partial charge in [0, 0.05) is 5.69 Å². The molecule has 2 aromatic rings. The van der Waals surface area contributed by atoms with Crippen LogP contribution in [0.4, 0.5) is 0 Å². The summed E-state index contributed by atoms with van der Waals surface area (Å²) in [6, 6.07) is 9.16. The van der Waals surface area contributed by atoms with E-state index in [-0.39, 0.29) is 11.4 Å². The maximum absolute atomic E-state index is 11.3. The molecule has 1 N–H and O–H groups in total. The molecule has 108 valence electrons. The summed E-state index contributed by atoms with van der Waals surface area (Å²) < 4.78 is 10.1. The molecule has 0 bridgehead atoms. The van der Waals surface area contributed by atoms with Crippen molar-refractivity contribution in [2.75, 3.05) is 7.11 Å². The molecule has 1 aromatic heterocycles. The Morgan fingerprint density at radius 3 is 2.33 bits per heavy atom. The van der Waals surface area contributed by atoms with Gasteiger partial charge in [0.1, 0.15) is 11.3 Å². The smallest absolute Gasteiger partial charge is 0.341 e. The summed E-state index contributed by atoms with van der Waals surface area (Å²) >= 11 is 0. The lowest BCUT2D eigenvalue weighted by molar-refractivity contribution is 0.0600. The van der Waals surface area contributed by atoms with Crippen LogP contribution in [0.5, 0.6) is 11.6 Å². The highest BCUT2D eigenvalue weighted by Gasteiger charge is 2.14. The Morgan fingerprint density at radius 1 is 1.10 bits per heavy atom. The van der Waals surface area contributed by atoms with Gasteiger partial charge in [0.15, 0.2) is 0 Å². The molecule has 6 nitrogen and oxygen atoms in total. The number of aromatic carboxylic acids is 1. The van der Waals surface area contributed by atoms with Crippen LogP contribution in [0.3, 0.4) is 0 Å². The number of aromatic nitrogens is 1. The van der Waals surface area contributed by atoms with Gasteiger partial charge in [0.25, 0.3) is 0 Å². The average molecular weight is 287 g/mol. The van der Waals surface area contributed by atoms with E-state index >= 15 is 0 Å². The van der Waals surface area contributed by atoms with Gasteiger partial charge >= 0.3 is 11.9 Å². The molecule has 0 aliphatic carbocycles. The Bertz CT molecular complexity index is 679. The normalized spacial score (nSPS) is 10.0. The zero-order chi connectivity index (χ0) is 15.4. The van der Waals surface area contributed by atoms with E-state index in [1.54, 1.807) is 25.1 Å². The zero-order valence-corrected chi connectivity index (χ0v) is 11.5. The van der Waals surface area contributed by atoms with E-state index in [4.69, 9.17) is 9.84 Å². The minimum absolute atomic E-state index is 0.00770. The second-order valence-electron chi connectivity index (χ2n) is 4.23. The highest BCUT2D eigenvalue weighted by Crippen LogP contribution is 2.24. The number of methoxy groups -OCH3 is 1. The molecule has 0 spiro atoms. The number of carbonyl (C=O) groups is 2. The summed E-state index contributed by atoms with van der Waals surface area (Å²) in [6.07, 6.45) is 0. The number of carboxylic acid groups (broad SMARTS) is 1. The first-order valence-corrected chi connectivity index (χ1v) is 6.08. The number of nitrogens with zero attached hydrogens (tertiary/aromatic N) is 1. The number of pyridine rings is 1. The van der Waals surface area contributed by atoms with Crippen molar-refractivity contribution >= 4 is 11.9 Å². The summed E-state index contributed by atoms with van der Waals surface area (Å²) in [6.45, 7) is 1.73. The van der Waals surface area contributed by atoms with Crippen LogP contribution in [-0.2, 0) is 4.74 Å². The fraction of sp³-hybridized carbons (Fsp3) is 0.133. The number of aryl methyl sites for hydroxylation is 1. The first-order valence-electron chi connectivity index (χ1n) is 6.08. The summed E-state index contributed by atoms with van der Waals surface area (Å²) in [5, 5.41) is 9.10. The molecular weight excluding hydrogens is 274 g/mol. The fourth-order valence-corrected chi connectivity index (χ4v) is 1.66. The number of carbonyl (C=O) groups excluding carboxylic acids is 1. The van der Waals surface area contributed by atoms with E-state index < -0.39 is 11.9 Å². The molecule has 1 heterocycles. The van der Waals surface area contributed by atoms with Gasteiger partial charge in [-0.25, -0.2) is 14.6 Å². The lowest BCUT2D eigenvalue weighted by atomic mass is 10.2. The van der Waals surface area contributed by atoms with Crippen molar-refractivity contribution < 1.29 is 24.2 Å². The van der Waals surface area contributed by atoms with Crippen molar-refractivity contribution in [3.05, 3.63) is 53.2 Å². The van der Waals surface area contributed by atoms with Crippen LogP contribution in [0.1, 0.15) is 26.4 Å². The standard InChI is InChI=1S/C15H13NO5/c1-9-3-8-12(14(17)18)13(16-9)21-11-6-4-10(5-7-11)15(19)20-2/h3-8H,1-2H3,(H,17,18). The van der Waals surface area contributed by atoms with Gasteiger partial charge < -0.3 is 14.6 Å². The molecule has 0 radical (unpaired) electrons. The van der Waals surface area contributed by atoms with Crippen molar-refractivity contribution in [3.8, 4) is 11.6 Å². The van der Waals surface area contributed by atoms with E-state index in [9.17, 15) is 9.59 Å². The molecule has 6 heteroatoms. The predicted octanol–water partition coefficient (Wildman–Crippen LogP) is 2.67. The highest BCUT2D eigenvalue weighted by atomic mass is 16.5. The number of hydrogen-bond acceptors (Lipinski definition) is 5. The average Bonchev–Trinajstić information content (AvgIpc) is 2.47. The van der Waals surface area contributed by atoms with Crippen LogP contribution in [-0.4, -0.2) is 29.1 Å². The van der Waals surface area contributed by atoms with E-state index in [1.807, 2.05) is 0 Å². The van der Waals surface area contributed by atoms with Crippen molar-refractivity contribution in [3.63, 3.8) is 0 Å². The van der Waals surface area contributed by atoms with Crippen LogP contribution in [0.15, 0.2) is 36.4 Å². The molecule has 0 atom stereocenters. The number of carboxylic acids is 1. The van der Waals surface area contributed by atoms with Gasteiger partial charge in [-0.3, -0.25) is 0 Å². The second kappa shape index (κ2) is 6.04. The molecule has 0 saturated carbocycles. The third-order valence-electron chi connectivity index (χ3n) is 2.72. The van der Waals surface area contributed by atoms with Gasteiger partial charge in [-0.2, -0.15) is 0 Å². The summed E-state index contributed by atoms with van der Waals surface area (Å²) in [5.41, 5.74) is 0.985. The Morgan fingerprint density at radius 2 is 1.76 bits per heavy atom. The molecule has 0 aliphatic heterocycles. The van der Waals surface area contributed by atoms with Gasteiger partial charge in [-0.05, 0) is 43.3 Å².